The van der Waals surface area contributed by atoms with E-state index in [0.29, 0.717) is 29.6 Å². The van der Waals surface area contributed by atoms with E-state index in [1.54, 1.807) is 33.5 Å². The molecule has 7 heteroatoms. The molecule has 0 unspecified atom stereocenters. The van der Waals surface area contributed by atoms with Gasteiger partial charge in [0.2, 0.25) is 0 Å². The second kappa shape index (κ2) is 8.27. The van der Waals surface area contributed by atoms with Crippen LogP contribution in [0, 0.1) is 0 Å². The molecular formula is C20H20N2O5. The number of amides is 1. The fraction of sp³-hybridized carbons (Fsp3) is 0.200. The van der Waals surface area contributed by atoms with Crippen LogP contribution in [0.1, 0.15) is 16.1 Å². The number of hydrogen-bond acceptors (Lipinski definition) is 6. The summed E-state index contributed by atoms with van der Waals surface area (Å²) in [6, 6.07) is 14.4. The lowest BCUT2D eigenvalue weighted by Crippen LogP contribution is -2.23. The fourth-order valence-corrected chi connectivity index (χ4v) is 2.62. The maximum Gasteiger partial charge on any atom is 0.273 e. The number of carbonyl (C=O) groups excluding carboxylic acids is 1. The molecule has 0 aliphatic carbocycles. The molecule has 0 bridgehead atoms. The number of hydrogen-bond donors (Lipinski definition) is 1. The van der Waals surface area contributed by atoms with Gasteiger partial charge in [-0.3, -0.25) is 4.79 Å². The molecule has 0 radical (unpaired) electrons. The van der Waals surface area contributed by atoms with Gasteiger partial charge >= 0.3 is 0 Å². The van der Waals surface area contributed by atoms with E-state index in [1.807, 2.05) is 36.4 Å². The van der Waals surface area contributed by atoms with E-state index in [2.05, 4.69) is 10.5 Å². The third kappa shape index (κ3) is 4.03. The van der Waals surface area contributed by atoms with Crippen molar-refractivity contribution in [3.8, 4) is 28.6 Å². The Morgan fingerprint density at radius 1 is 0.963 bits per heavy atom. The summed E-state index contributed by atoms with van der Waals surface area (Å²) in [6.45, 7) is 0.316. The number of nitrogens with zero attached hydrogens (tertiary/aromatic N) is 1. The highest BCUT2D eigenvalue weighted by Gasteiger charge is 2.16. The molecule has 1 amide bonds. The molecule has 0 spiro atoms. The van der Waals surface area contributed by atoms with Crippen LogP contribution < -0.4 is 19.5 Å². The third-order valence-electron chi connectivity index (χ3n) is 4.02. The lowest BCUT2D eigenvalue weighted by molar-refractivity contribution is 0.0942. The number of carbonyl (C=O) groups is 1. The van der Waals surface area contributed by atoms with E-state index in [9.17, 15) is 4.79 Å². The Bertz CT molecular complexity index is 936. The molecule has 0 aliphatic rings. The lowest BCUT2D eigenvalue weighted by Gasteiger charge is -2.09. The van der Waals surface area contributed by atoms with E-state index in [4.69, 9.17) is 18.7 Å². The first kappa shape index (κ1) is 18.3. The summed E-state index contributed by atoms with van der Waals surface area (Å²) in [4.78, 5) is 12.4. The molecule has 7 nitrogen and oxygen atoms in total. The van der Waals surface area contributed by atoms with E-state index >= 15 is 0 Å². The van der Waals surface area contributed by atoms with Crippen molar-refractivity contribution in [2.24, 2.45) is 0 Å². The Kier molecular flexibility index (Phi) is 5.61. The standard InChI is InChI=1S/C20H20N2O5/c1-24-16-7-5-4-6-14(16)18-11-15(22-27-18)20(23)21-12-13-8-9-17(25-2)19(10-13)26-3/h4-11H,12H2,1-3H3,(H,21,23). The monoisotopic (exact) mass is 368 g/mol. The highest BCUT2D eigenvalue weighted by molar-refractivity contribution is 5.93. The van der Waals surface area contributed by atoms with Crippen molar-refractivity contribution in [3.05, 3.63) is 59.8 Å². The van der Waals surface area contributed by atoms with Crippen molar-refractivity contribution in [2.45, 2.75) is 6.54 Å². The van der Waals surface area contributed by atoms with Crippen LogP contribution in [-0.4, -0.2) is 32.4 Å². The van der Waals surface area contributed by atoms with Gasteiger partial charge in [-0.25, -0.2) is 0 Å². The largest absolute Gasteiger partial charge is 0.496 e. The molecule has 140 valence electrons. The van der Waals surface area contributed by atoms with Crippen LogP contribution in [0.2, 0.25) is 0 Å². The molecule has 1 N–H and O–H groups in total. The molecule has 1 heterocycles. The van der Waals surface area contributed by atoms with Crippen molar-refractivity contribution in [1.29, 1.82) is 0 Å². The first-order valence-electron chi connectivity index (χ1n) is 8.25. The van der Waals surface area contributed by atoms with Gasteiger partial charge < -0.3 is 24.1 Å². The van der Waals surface area contributed by atoms with Crippen LogP contribution in [0.5, 0.6) is 17.2 Å². The summed E-state index contributed by atoms with van der Waals surface area (Å²) in [6.07, 6.45) is 0. The zero-order chi connectivity index (χ0) is 19.2. The molecular weight excluding hydrogens is 348 g/mol. The van der Waals surface area contributed by atoms with Crippen molar-refractivity contribution >= 4 is 5.91 Å². The summed E-state index contributed by atoms with van der Waals surface area (Å²) >= 11 is 0. The molecule has 3 aromatic rings. The molecule has 0 saturated carbocycles. The summed E-state index contributed by atoms with van der Waals surface area (Å²) in [7, 11) is 4.71. The third-order valence-corrected chi connectivity index (χ3v) is 4.02. The van der Waals surface area contributed by atoms with Gasteiger partial charge in [-0.15, -0.1) is 0 Å². The Balaban J connectivity index is 1.70. The van der Waals surface area contributed by atoms with Gasteiger partial charge in [0.05, 0.1) is 26.9 Å². The second-order valence-electron chi connectivity index (χ2n) is 5.65. The fourth-order valence-electron chi connectivity index (χ4n) is 2.62. The Morgan fingerprint density at radius 2 is 1.70 bits per heavy atom. The predicted molar refractivity (Wildman–Crippen MR) is 99.2 cm³/mol. The van der Waals surface area contributed by atoms with E-state index < -0.39 is 0 Å². The van der Waals surface area contributed by atoms with Gasteiger partial charge in [0.15, 0.2) is 23.0 Å². The number of benzene rings is 2. The maximum atomic E-state index is 12.4. The number of methoxy groups -OCH3 is 3. The van der Waals surface area contributed by atoms with Gasteiger partial charge in [0.25, 0.3) is 5.91 Å². The molecule has 0 saturated heterocycles. The topological polar surface area (TPSA) is 82.8 Å². The number of aromatic nitrogens is 1. The van der Waals surface area contributed by atoms with Gasteiger partial charge in [0.1, 0.15) is 5.75 Å². The van der Waals surface area contributed by atoms with Gasteiger partial charge in [-0.2, -0.15) is 0 Å². The van der Waals surface area contributed by atoms with Gasteiger partial charge in [0, 0.05) is 12.6 Å². The number of rotatable bonds is 7. The van der Waals surface area contributed by atoms with Crippen LogP contribution in [-0.2, 0) is 6.54 Å². The van der Waals surface area contributed by atoms with E-state index in [0.717, 1.165) is 11.1 Å². The van der Waals surface area contributed by atoms with Gasteiger partial charge in [-0.1, -0.05) is 23.4 Å². The number of nitrogens with one attached hydrogen (secondary N) is 1. The number of para-hydroxylation sites is 1. The lowest BCUT2D eigenvalue weighted by atomic mass is 10.1. The minimum Gasteiger partial charge on any atom is -0.496 e. The Labute approximate surface area is 156 Å². The Morgan fingerprint density at radius 3 is 2.44 bits per heavy atom. The minimum absolute atomic E-state index is 0.191. The highest BCUT2D eigenvalue weighted by Crippen LogP contribution is 2.30. The molecule has 1 aromatic heterocycles. The summed E-state index contributed by atoms with van der Waals surface area (Å²) in [5, 5.41) is 6.66. The zero-order valence-electron chi connectivity index (χ0n) is 15.3. The molecule has 3 rings (SSSR count). The van der Waals surface area contributed by atoms with Crippen LogP contribution in [0.4, 0.5) is 0 Å². The zero-order valence-corrected chi connectivity index (χ0v) is 15.3. The Hall–Kier alpha value is -3.48. The first-order valence-corrected chi connectivity index (χ1v) is 8.25. The average Bonchev–Trinajstić information content (AvgIpc) is 3.21. The van der Waals surface area contributed by atoms with Crippen LogP contribution in [0.25, 0.3) is 11.3 Å². The predicted octanol–water partition coefficient (Wildman–Crippen LogP) is 3.30. The second-order valence-corrected chi connectivity index (χ2v) is 5.65. The normalized spacial score (nSPS) is 10.3. The van der Waals surface area contributed by atoms with Gasteiger partial charge in [-0.05, 0) is 29.8 Å². The van der Waals surface area contributed by atoms with E-state index in [-0.39, 0.29) is 11.6 Å². The number of ether oxygens (including phenoxy) is 3. The van der Waals surface area contributed by atoms with Crippen molar-refractivity contribution in [3.63, 3.8) is 0 Å². The maximum absolute atomic E-state index is 12.4. The van der Waals surface area contributed by atoms with Crippen molar-refractivity contribution in [1.82, 2.24) is 10.5 Å². The van der Waals surface area contributed by atoms with Crippen molar-refractivity contribution < 1.29 is 23.5 Å². The quantitative estimate of drug-likeness (QED) is 0.689. The summed E-state index contributed by atoms with van der Waals surface area (Å²) in [5.41, 5.74) is 1.79. The minimum atomic E-state index is -0.338. The van der Waals surface area contributed by atoms with Crippen LogP contribution in [0.15, 0.2) is 53.1 Å². The van der Waals surface area contributed by atoms with Crippen LogP contribution >= 0.6 is 0 Å². The summed E-state index contributed by atoms with van der Waals surface area (Å²) in [5.74, 6) is 2.00. The first-order chi connectivity index (χ1) is 13.2. The highest BCUT2D eigenvalue weighted by atomic mass is 16.5. The molecule has 2 aromatic carbocycles. The van der Waals surface area contributed by atoms with E-state index in [1.165, 1.54) is 0 Å². The average molecular weight is 368 g/mol. The SMILES string of the molecule is COc1ccc(CNC(=O)c2cc(-c3ccccc3OC)on2)cc1OC. The molecule has 0 atom stereocenters. The molecule has 0 fully saturated rings. The molecule has 27 heavy (non-hydrogen) atoms. The smallest absolute Gasteiger partial charge is 0.273 e. The van der Waals surface area contributed by atoms with Crippen LogP contribution in [0.3, 0.4) is 0 Å². The summed E-state index contributed by atoms with van der Waals surface area (Å²) < 4.78 is 21.1. The molecule has 0 aliphatic heterocycles. The van der Waals surface area contributed by atoms with Crippen molar-refractivity contribution in [2.75, 3.05) is 21.3 Å².